The fourth-order valence-electron chi connectivity index (χ4n) is 1.98. The average molecular weight is 317 g/mol. The van der Waals surface area contributed by atoms with Gasteiger partial charge in [0.15, 0.2) is 0 Å². The van der Waals surface area contributed by atoms with Gasteiger partial charge in [-0.05, 0) is 31.0 Å². The van der Waals surface area contributed by atoms with E-state index in [9.17, 15) is 4.79 Å². The minimum atomic E-state index is 0.133. The molecule has 0 saturated carbocycles. The molecule has 112 valence electrons. The molecule has 0 saturated heterocycles. The summed E-state index contributed by atoms with van der Waals surface area (Å²) in [5.74, 6) is 0.133. The Kier molecular flexibility index (Phi) is 7.97. The number of unbranched alkanes of at least 4 members (excludes halogenated alkanes) is 3. The fraction of sp³-hybridized carbons (Fsp3) is 0.533. The van der Waals surface area contributed by atoms with Crippen LogP contribution in [0.3, 0.4) is 0 Å². The molecule has 0 heterocycles. The van der Waals surface area contributed by atoms with Crippen LogP contribution in [0.1, 0.15) is 37.7 Å². The molecule has 0 atom stereocenters. The Bertz CT molecular complexity index is 438. The molecule has 0 aliphatic carbocycles. The zero-order valence-corrected chi connectivity index (χ0v) is 13.4. The van der Waals surface area contributed by atoms with Crippen LogP contribution in [0.25, 0.3) is 0 Å². The van der Waals surface area contributed by atoms with E-state index in [1.165, 1.54) is 0 Å². The maximum atomic E-state index is 12.0. The predicted molar refractivity (Wildman–Crippen MR) is 85.1 cm³/mol. The van der Waals surface area contributed by atoms with Crippen molar-refractivity contribution in [2.45, 2.75) is 38.6 Å². The molecule has 0 fully saturated rings. The van der Waals surface area contributed by atoms with Crippen molar-refractivity contribution < 1.29 is 4.79 Å². The number of carbonyl (C=O) groups excluding carboxylic acids is 1. The van der Waals surface area contributed by atoms with Crippen molar-refractivity contribution in [3.63, 3.8) is 0 Å². The van der Waals surface area contributed by atoms with Crippen LogP contribution in [0.2, 0.25) is 10.0 Å². The molecule has 3 nitrogen and oxygen atoms in total. The molecule has 0 spiro atoms. The van der Waals surface area contributed by atoms with Crippen LogP contribution in [0.5, 0.6) is 0 Å². The van der Waals surface area contributed by atoms with Gasteiger partial charge in [-0.15, -0.1) is 0 Å². The van der Waals surface area contributed by atoms with Crippen LogP contribution in [-0.4, -0.2) is 24.4 Å². The summed E-state index contributed by atoms with van der Waals surface area (Å²) in [6.45, 7) is 1.21. The number of halogens is 2. The Morgan fingerprint density at radius 3 is 2.60 bits per heavy atom. The lowest BCUT2D eigenvalue weighted by atomic mass is 10.1. The van der Waals surface area contributed by atoms with Crippen LogP contribution in [0, 0.1) is 0 Å². The van der Waals surface area contributed by atoms with Gasteiger partial charge in [0.1, 0.15) is 0 Å². The van der Waals surface area contributed by atoms with Crippen molar-refractivity contribution in [3.8, 4) is 0 Å². The number of nitrogens with zero attached hydrogens (tertiary/aromatic N) is 1. The first-order chi connectivity index (χ1) is 9.56. The van der Waals surface area contributed by atoms with Crippen molar-refractivity contribution in [2.24, 2.45) is 5.73 Å². The first-order valence-corrected chi connectivity index (χ1v) is 7.68. The molecule has 0 aliphatic rings. The Hall–Kier alpha value is -0.770. The standard InChI is InChI=1S/C15H22Cl2N2O/c1-19(14(20)9-4-2-3-5-10-18)11-12-7-6-8-13(16)15(12)17/h6-8H,2-5,9-11,18H2,1H3. The molecule has 1 aromatic rings. The van der Waals surface area contributed by atoms with Crippen molar-refractivity contribution >= 4 is 29.1 Å². The van der Waals surface area contributed by atoms with Gasteiger partial charge in [0.05, 0.1) is 10.0 Å². The van der Waals surface area contributed by atoms with Crippen LogP contribution < -0.4 is 5.73 Å². The molecule has 0 aliphatic heterocycles. The van der Waals surface area contributed by atoms with Crippen LogP contribution >= 0.6 is 23.2 Å². The Morgan fingerprint density at radius 1 is 1.20 bits per heavy atom. The van der Waals surface area contributed by atoms with Crippen LogP contribution in [0.4, 0.5) is 0 Å². The normalized spacial score (nSPS) is 10.6. The number of hydrogen-bond acceptors (Lipinski definition) is 2. The molecule has 0 aromatic heterocycles. The second-order valence-corrected chi connectivity index (χ2v) is 5.70. The van der Waals surface area contributed by atoms with Gasteiger partial charge in [-0.3, -0.25) is 4.79 Å². The van der Waals surface area contributed by atoms with Gasteiger partial charge in [0.25, 0.3) is 0 Å². The second-order valence-electron chi connectivity index (χ2n) is 4.92. The molecule has 0 radical (unpaired) electrons. The highest BCUT2D eigenvalue weighted by molar-refractivity contribution is 6.42. The van der Waals surface area contributed by atoms with E-state index in [4.69, 9.17) is 28.9 Å². The van der Waals surface area contributed by atoms with Crippen LogP contribution in [-0.2, 0) is 11.3 Å². The number of nitrogens with two attached hydrogens (primary N) is 1. The van der Waals surface area contributed by atoms with Crippen molar-refractivity contribution in [1.82, 2.24) is 4.90 Å². The monoisotopic (exact) mass is 316 g/mol. The first-order valence-electron chi connectivity index (χ1n) is 6.93. The third-order valence-electron chi connectivity index (χ3n) is 3.21. The van der Waals surface area contributed by atoms with E-state index in [1.807, 2.05) is 12.1 Å². The van der Waals surface area contributed by atoms with E-state index in [-0.39, 0.29) is 5.91 Å². The summed E-state index contributed by atoms with van der Waals surface area (Å²) in [5.41, 5.74) is 6.31. The van der Waals surface area contributed by atoms with Crippen LogP contribution in [0.15, 0.2) is 18.2 Å². The minimum absolute atomic E-state index is 0.133. The van der Waals surface area contributed by atoms with Crippen molar-refractivity contribution in [3.05, 3.63) is 33.8 Å². The summed E-state index contributed by atoms with van der Waals surface area (Å²) < 4.78 is 0. The van der Waals surface area contributed by atoms with Gasteiger partial charge in [-0.1, -0.05) is 48.2 Å². The van der Waals surface area contributed by atoms with E-state index >= 15 is 0 Å². The Balaban J connectivity index is 2.39. The highest BCUT2D eigenvalue weighted by atomic mass is 35.5. The lowest BCUT2D eigenvalue weighted by Gasteiger charge is -2.18. The van der Waals surface area contributed by atoms with E-state index in [0.29, 0.717) is 23.0 Å². The average Bonchev–Trinajstić information content (AvgIpc) is 2.43. The summed E-state index contributed by atoms with van der Waals surface area (Å²) in [4.78, 5) is 13.7. The number of amides is 1. The highest BCUT2D eigenvalue weighted by Crippen LogP contribution is 2.26. The quantitative estimate of drug-likeness (QED) is 0.740. The number of benzene rings is 1. The largest absolute Gasteiger partial charge is 0.341 e. The number of carbonyl (C=O) groups is 1. The molecular formula is C15H22Cl2N2O. The third kappa shape index (κ3) is 5.70. The first kappa shape index (κ1) is 17.3. The SMILES string of the molecule is CN(Cc1cccc(Cl)c1Cl)C(=O)CCCCCCN. The van der Waals surface area contributed by atoms with E-state index in [2.05, 4.69) is 0 Å². The summed E-state index contributed by atoms with van der Waals surface area (Å²) >= 11 is 12.1. The minimum Gasteiger partial charge on any atom is -0.341 e. The zero-order chi connectivity index (χ0) is 15.0. The second kappa shape index (κ2) is 9.22. The van der Waals surface area contributed by atoms with Gasteiger partial charge in [0.2, 0.25) is 5.91 Å². The van der Waals surface area contributed by atoms with Crippen molar-refractivity contribution in [1.29, 1.82) is 0 Å². The molecule has 0 bridgehead atoms. The highest BCUT2D eigenvalue weighted by Gasteiger charge is 2.12. The molecule has 2 N–H and O–H groups in total. The van der Waals surface area contributed by atoms with Gasteiger partial charge in [-0.2, -0.15) is 0 Å². The van der Waals surface area contributed by atoms with E-state index < -0.39 is 0 Å². The predicted octanol–water partition coefficient (Wildman–Crippen LogP) is 3.86. The Labute approximate surface area is 131 Å². The maximum absolute atomic E-state index is 12.0. The van der Waals surface area contributed by atoms with Gasteiger partial charge in [-0.25, -0.2) is 0 Å². The maximum Gasteiger partial charge on any atom is 0.222 e. The lowest BCUT2D eigenvalue weighted by Crippen LogP contribution is -2.26. The number of rotatable bonds is 8. The van der Waals surface area contributed by atoms with E-state index in [0.717, 1.165) is 37.8 Å². The zero-order valence-electron chi connectivity index (χ0n) is 11.9. The van der Waals surface area contributed by atoms with Gasteiger partial charge < -0.3 is 10.6 Å². The molecule has 1 aromatic carbocycles. The smallest absolute Gasteiger partial charge is 0.222 e. The summed E-state index contributed by atoms with van der Waals surface area (Å²) in [5, 5.41) is 1.04. The molecule has 1 amide bonds. The molecule has 1 rings (SSSR count). The molecule has 20 heavy (non-hydrogen) atoms. The lowest BCUT2D eigenvalue weighted by molar-refractivity contribution is -0.130. The summed E-state index contributed by atoms with van der Waals surface area (Å²) in [7, 11) is 1.79. The fourth-order valence-corrected chi connectivity index (χ4v) is 2.36. The Morgan fingerprint density at radius 2 is 1.90 bits per heavy atom. The summed E-state index contributed by atoms with van der Waals surface area (Å²) in [6, 6.07) is 5.47. The third-order valence-corrected chi connectivity index (χ3v) is 4.07. The molecular weight excluding hydrogens is 295 g/mol. The van der Waals surface area contributed by atoms with Gasteiger partial charge >= 0.3 is 0 Å². The topological polar surface area (TPSA) is 46.3 Å². The van der Waals surface area contributed by atoms with Gasteiger partial charge in [0, 0.05) is 20.0 Å². The molecule has 5 heteroatoms. The van der Waals surface area contributed by atoms with Crippen molar-refractivity contribution in [2.75, 3.05) is 13.6 Å². The van der Waals surface area contributed by atoms with E-state index in [1.54, 1.807) is 18.0 Å². The summed E-state index contributed by atoms with van der Waals surface area (Å²) in [6.07, 6.45) is 4.65. The molecule has 0 unspecified atom stereocenters. The number of hydrogen-bond donors (Lipinski definition) is 1.